The van der Waals surface area contributed by atoms with Crippen molar-refractivity contribution in [2.24, 2.45) is 10.7 Å². The van der Waals surface area contributed by atoms with Gasteiger partial charge < -0.3 is 20.4 Å². The normalized spacial score (nSPS) is 11.8. The summed E-state index contributed by atoms with van der Waals surface area (Å²) in [5, 5.41) is 4.43. The average Bonchev–Trinajstić information content (AvgIpc) is 3.04. The van der Waals surface area contributed by atoms with Crippen molar-refractivity contribution in [2.75, 3.05) is 19.0 Å². The Morgan fingerprint density at radius 2 is 1.92 bits per heavy atom. The van der Waals surface area contributed by atoms with Crippen molar-refractivity contribution in [1.29, 1.82) is 0 Å². The number of aromatic nitrogens is 1. The van der Waals surface area contributed by atoms with Gasteiger partial charge in [0.05, 0.1) is 6.61 Å². The zero-order valence-corrected chi connectivity index (χ0v) is 14.5. The fourth-order valence-electron chi connectivity index (χ4n) is 2.88. The molecule has 0 amide bonds. The number of aryl methyl sites for hydroxylation is 1. The lowest BCUT2D eigenvalue weighted by Crippen LogP contribution is -2.23. The van der Waals surface area contributed by atoms with E-state index in [1.54, 1.807) is 7.11 Å². The fraction of sp³-hybridized carbons (Fsp3) is 0.250. The number of nitrogens with two attached hydrogens (primary N) is 1. The molecule has 5 nitrogen and oxygen atoms in total. The molecule has 1 heterocycles. The number of nitrogens with zero attached hydrogens (tertiary/aromatic N) is 2. The maximum absolute atomic E-state index is 6.01. The highest BCUT2D eigenvalue weighted by atomic mass is 16.5. The van der Waals surface area contributed by atoms with Crippen molar-refractivity contribution in [2.45, 2.75) is 19.6 Å². The molecule has 25 heavy (non-hydrogen) atoms. The maximum Gasteiger partial charge on any atom is 0.193 e. The van der Waals surface area contributed by atoms with Gasteiger partial charge in [-0.25, -0.2) is 0 Å². The number of anilines is 1. The van der Waals surface area contributed by atoms with E-state index in [9.17, 15) is 0 Å². The van der Waals surface area contributed by atoms with Crippen LogP contribution in [0.2, 0.25) is 0 Å². The lowest BCUT2D eigenvalue weighted by molar-refractivity contribution is 0.185. The van der Waals surface area contributed by atoms with Crippen LogP contribution in [0.4, 0.5) is 5.69 Å². The Hall–Kier alpha value is -2.79. The highest BCUT2D eigenvalue weighted by Crippen LogP contribution is 2.16. The Morgan fingerprint density at radius 1 is 1.12 bits per heavy atom. The molecule has 130 valence electrons. The topological polar surface area (TPSA) is 64.6 Å². The summed E-state index contributed by atoms with van der Waals surface area (Å²) in [6.45, 7) is 2.14. The van der Waals surface area contributed by atoms with Crippen LogP contribution < -0.4 is 11.1 Å². The van der Waals surface area contributed by atoms with E-state index < -0.39 is 0 Å². The molecule has 0 bridgehead atoms. The molecule has 3 rings (SSSR count). The number of guanidine groups is 1. The predicted octanol–water partition coefficient (Wildman–Crippen LogP) is 3.60. The molecular formula is C20H24N4O. The van der Waals surface area contributed by atoms with Crippen LogP contribution in [0, 0.1) is 0 Å². The van der Waals surface area contributed by atoms with Crippen molar-refractivity contribution >= 4 is 22.5 Å². The summed E-state index contributed by atoms with van der Waals surface area (Å²) in [6.07, 6.45) is 3.05. The van der Waals surface area contributed by atoms with E-state index in [0.717, 1.165) is 24.2 Å². The van der Waals surface area contributed by atoms with Crippen molar-refractivity contribution in [3.63, 3.8) is 0 Å². The summed E-state index contributed by atoms with van der Waals surface area (Å²) >= 11 is 0. The summed E-state index contributed by atoms with van der Waals surface area (Å²) in [7, 11) is 1.68. The first-order chi connectivity index (χ1) is 12.3. The molecule has 0 radical (unpaired) electrons. The Bertz CT molecular complexity index is 854. The van der Waals surface area contributed by atoms with Gasteiger partial charge in [-0.3, -0.25) is 4.99 Å². The molecule has 3 aromatic rings. The number of hydrogen-bond donors (Lipinski definition) is 2. The number of methoxy groups -OCH3 is 1. The van der Waals surface area contributed by atoms with Crippen LogP contribution in [-0.4, -0.2) is 24.2 Å². The first-order valence-corrected chi connectivity index (χ1v) is 8.45. The van der Waals surface area contributed by atoms with Gasteiger partial charge in [-0.05, 0) is 30.0 Å². The molecule has 1 aromatic heterocycles. The third kappa shape index (κ3) is 4.39. The number of nitrogens with one attached hydrogen (secondary N) is 1. The van der Waals surface area contributed by atoms with Crippen molar-refractivity contribution in [3.05, 3.63) is 66.4 Å². The number of rotatable bonds is 7. The average molecular weight is 336 g/mol. The molecule has 2 aromatic carbocycles. The second kappa shape index (κ2) is 8.35. The van der Waals surface area contributed by atoms with Crippen molar-refractivity contribution in [1.82, 2.24) is 4.57 Å². The van der Waals surface area contributed by atoms with Gasteiger partial charge >= 0.3 is 0 Å². The number of benzene rings is 2. The predicted molar refractivity (Wildman–Crippen MR) is 104 cm³/mol. The zero-order chi connectivity index (χ0) is 17.5. The van der Waals surface area contributed by atoms with E-state index in [1.165, 1.54) is 10.9 Å². The van der Waals surface area contributed by atoms with Crippen LogP contribution in [0.5, 0.6) is 0 Å². The standard InChI is InChI=1S/C20H24N4O/c1-25-15-17-8-2-4-9-18(17)23-20(21)22-12-6-13-24-14-11-16-7-3-5-10-19(16)24/h2-5,7-11,14H,6,12-13,15H2,1H3,(H3,21,22,23). The Morgan fingerprint density at radius 3 is 2.80 bits per heavy atom. The zero-order valence-electron chi connectivity index (χ0n) is 14.5. The molecule has 0 saturated carbocycles. The fourth-order valence-corrected chi connectivity index (χ4v) is 2.88. The maximum atomic E-state index is 6.01. The number of para-hydroxylation sites is 2. The smallest absolute Gasteiger partial charge is 0.193 e. The van der Waals surface area contributed by atoms with Gasteiger partial charge in [-0.15, -0.1) is 0 Å². The second-order valence-corrected chi connectivity index (χ2v) is 5.90. The van der Waals surface area contributed by atoms with E-state index in [-0.39, 0.29) is 0 Å². The summed E-state index contributed by atoms with van der Waals surface area (Å²) in [4.78, 5) is 4.43. The molecule has 0 aliphatic rings. The summed E-state index contributed by atoms with van der Waals surface area (Å²) in [5.41, 5.74) is 9.26. The van der Waals surface area contributed by atoms with Gasteiger partial charge in [-0.1, -0.05) is 36.4 Å². The van der Waals surface area contributed by atoms with Crippen molar-refractivity contribution < 1.29 is 4.74 Å². The largest absolute Gasteiger partial charge is 0.380 e. The Balaban J connectivity index is 1.54. The highest BCUT2D eigenvalue weighted by Gasteiger charge is 2.03. The van der Waals surface area contributed by atoms with E-state index in [2.05, 4.69) is 51.4 Å². The summed E-state index contributed by atoms with van der Waals surface area (Å²) in [6, 6.07) is 18.5. The van der Waals surface area contributed by atoms with E-state index in [4.69, 9.17) is 10.5 Å². The molecule has 5 heteroatoms. The van der Waals surface area contributed by atoms with E-state index in [1.807, 2.05) is 24.3 Å². The summed E-state index contributed by atoms with van der Waals surface area (Å²) < 4.78 is 7.45. The van der Waals surface area contributed by atoms with Gasteiger partial charge in [-0.2, -0.15) is 0 Å². The third-order valence-corrected chi connectivity index (χ3v) is 4.10. The molecule has 0 saturated heterocycles. The Kier molecular flexibility index (Phi) is 5.69. The molecule has 0 atom stereocenters. The summed E-state index contributed by atoms with van der Waals surface area (Å²) in [5.74, 6) is 0.431. The molecule has 0 fully saturated rings. The van der Waals surface area contributed by atoms with Crippen molar-refractivity contribution in [3.8, 4) is 0 Å². The lowest BCUT2D eigenvalue weighted by Gasteiger charge is -2.11. The van der Waals surface area contributed by atoms with Gasteiger partial charge in [0.25, 0.3) is 0 Å². The number of ether oxygens (including phenoxy) is 1. The van der Waals surface area contributed by atoms with Gasteiger partial charge in [0.2, 0.25) is 0 Å². The number of aliphatic imine (C=N–C) groups is 1. The molecule has 0 unspecified atom stereocenters. The molecule has 0 spiro atoms. The van der Waals surface area contributed by atoms with E-state index in [0.29, 0.717) is 19.1 Å². The third-order valence-electron chi connectivity index (χ3n) is 4.10. The van der Waals surface area contributed by atoms with Crippen LogP contribution in [0.15, 0.2) is 65.8 Å². The molecule has 3 N–H and O–H groups in total. The first kappa shape index (κ1) is 17.0. The quantitative estimate of drug-likeness (QED) is 0.393. The molecular weight excluding hydrogens is 312 g/mol. The highest BCUT2D eigenvalue weighted by molar-refractivity contribution is 5.92. The van der Waals surface area contributed by atoms with Crippen LogP contribution in [0.25, 0.3) is 10.9 Å². The minimum atomic E-state index is 0.431. The minimum Gasteiger partial charge on any atom is -0.380 e. The number of fused-ring (bicyclic) bond motifs is 1. The lowest BCUT2D eigenvalue weighted by atomic mass is 10.2. The van der Waals surface area contributed by atoms with E-state index >= 15 is 0 Å². The SMILES string of the molecule is COCc1ccccc1NC(N)=NCCCn1ccc2ccccc21. The van der Waals surface area contributed by atoms with Crippen LogP contribution in [0.3, 0.4) is 0 Å². The second-order valence-electron chi connectivity index (χ2n) is 5.90. The van der Waals surface area contributed by atoms with Crippen LogP contribution in [-0.2, 0) is 17.9 Å². The first-order valence-electron chi connectivity index (χ1n) is 8.45. The van der Waals surface area contributed by atoms with Gasteiger partial charge in [0.15, 0.2) is 5.96 Å². The minimum absolute atomic E-state index is 0.431. The molecule has 0 aliphatic carbocycles. The van der Waals surface area contributed by atoms with Crippen LogP contribution >= 0.6 is 0 Å². The number of hydrogen-bond acceptors (Lipinski definition) is 2. The monoisotopic (exact) mass is 336 g/mol. The van der Waals surface area contributed by atoms with Crippen LogP contribution in [0.1, 0.15) is 12.0 Å². The molecule has 0 aliphatic heterocycles. The van der Waals surface area contributed by atoms with Gasteiger partial charge in [0.1, 0.15) is 0 Å². The van der Waals surface area contributed by atoms with Gasteiger partial charge in [0, 0.05) is 43.2 Å². The Labute approximate surface area is 148 Å².